The molecule has 0 aromatic heterocycles. The maximum atomic E-state index is 13.5. The minimum Gasteiger partial charge on any atom is -0.465 e. The fourth-order valence-electron chi connectivity index (χ4n) is 9.98. The lowest BCUT2D eigenvalue weighted by atomic mass is 9.71. The number of ketones is 2. The Kier molecular flexibility index (Phi) is 24.5. The van der Waals surface area contributed by atoms with Gasteiger partial charge in [-0.1, -0.05) is 174 Å². The van der Waals surface area contributed by atoms with Crippen LogP contribution in [0.25, 0.3) is 0 Å². The predicted octanol–water partition coefficient (Wildman–Crippen LogP) is 14.2. The van der Waals surface area contributed by atoms with Gasteiger partial charge >= 0.3 is 23.9 Å². The Morgan fingerprint density at radius 3 is 1.30 bits per heavy atom. The third kappa shape index (κ3) is 21.0. The molecule has 0 bridgehead atoms. The van der Waals surface area contributed by atoms with E-state index in [4.69, 9.17) is 18.9 Å². The molecule has 0 amide bonds. The zero-order chi connectivity index (χ0) is 53.6. The quantitative estimate of drug-likeness (QED) is 0.0585. The van der Waals surface area contributed by atoms with Crippen molar-refractivity contribution in [3.8, 4) is 0 Å². The Balaban J connectivity index is 1.22. The molecular formula is C63H86O10. The zero-order valence-corrected chi connectivity index (χ0v) is 45.9. The highest BCUT2D eigenvalue weighted by atomic mass is 16.6. The molecule has 0 aromatic carbocycles. The minimum absolute atomic E-state index is 0.0508. The second-order valence-electron chi connectivity index (χ2n) is 22.1. The van der Waals surface area contributed by atoms with Gasteiger partial charge in [-0.3, -0.25) is 28.8 Å². The number of esters is 4. The van der Waals surface area contributed by atoms with Gasteiger partial charge in [-0.15, -0.1) is 0 Å². The maximum absolute atomic E-state index is 13.5. The van der Waals surface area contributed by atoms with E-state index in [0.717, 1.165) is 59.1 Å². The van der Waals surface area contributed by atoms with Gasteiger partial charge in [0.25, 0.3) is 0 Å². The summed E-state index contributed by atoms with van der Waals surface area (Å²) in [5.74, 6) is -1.51. The van der Waals surface area contributed by atoms with Crippen molar-refractivity contribution in [3.63, 3.8) is 0 Å². The number of rotatable bonds is 22. The topological polar surface area (TPSA) is 139 Å². The lowest BCUT2D eigenvalue weighted by Gasteiger charge is -2.36. The van der Waals surface area contributed by atoms with Crippen LogP contribution in [0.4, 0.5) is 0 Å². The Morgan fingerprint density at radius 1 is 0.479 bits per heavy atom. The summed E-state index contributed by atoms with van der Waals surface area (Å²) in [6.45, 7) is 20.8. The molecule has 4 rings (SSSR count). The summed E-state index contributed by atoms with van der Waals surface area (Å²) in [4.78, 5) is 76.8. The van der Waals surface area contributed by atoms with Crippen LogP contribution in [0, 0.1) is 22.7 Å². The van der Waals surface area contributed by atoms with Crippen LogP contribution in [0.3, 0.4) is 0 Å². The van der Waals surface area contributed by atoms with E-state index in [1.165, 1.54) is 38.5 Å². The summed E-state index contributed by atoms with van der Waals surface area (Å²) >= 11 is 0. The van der Waals surface area contributed by atoms with Crippen molar-refractivity contribution in [2.45, 2.75) is 191 Å². The van der Waals surface area contributed by atoms with E-state index in [1.54, 1.807) is 13.8 Å². The molecule has 10 heteroatoms. The maximum Gasteiger partial charge on any atom is 0.307 e. The largest absolute Gasteiger partial charge is 0.465 e. The summed E-state index contributed by atoms with van der Waals surface area (Å²) in [6.07, 6.45) is 39.0. The molecule has 2 fully saturated rings. The highest BCUT2D eigenvalue weighted by Gasteiger charge is 2.40. The summed E-state index contributed by atoms with van der Waals surface area (Å²) in [5, 5.41) is 0. The van der Waals surface area contributed by atoms with E-state index in [-0.39, 0.29) is 42.7 Å². The van der Waals surface area contributed by atoms with Crippen LogP contribution in [-0.4, -0.2) is 60.9 Å². The van der Waals surface area contributed by atoms with Crippen molar-refractivity contribution < 1.29 is 47.7 Å². The van der Waals surface area contributed by atoms with Crippen LogP contribution in [-0.2, 0) is 47.7 Å². The molecular weight excluding hydrogens is 917 g/mol. The highest BCUT2D eigenvalue weighted by molar-refractivity contribution is 6.02. The molecule has 0 radical (unpaired) electrons. The number of Topliss-reactive ketones (excluding diaryl/α,β-unsaturated/α-hetero) is 2. The van der Waals surface area contributed by atoms with Gasteiger partial charge in [0.2, 0.25) is 0 Å². The van der Waals surface area contributed by atoms with E-state index in [2.05, 4.69) is 13.8 Å². The van der Waals surface area contributed by atoms with E-state index in [9.17, 15) is 28.8 Å². The zero-order valence-electron chi connectivity index (χ0n) is 45.9. The minimum atomic E-state index is -0.882. The Morgan fingerprint density at radius 2 is 0.849 bits per heavy atom. The molecule has 398 valence electrons. The Labute approximate surface area is 437 Å². The first kappa shape index (κ1) is 59.9. The Hall–Kier alpha value is -5.64. The van der Waals surface area contributed by atoms with Gasteiger partial charge in [-0.2, -0.15) is 0 Å². The molecule has 0 N–H and O–H groups in total. The van der Waals surface area contributed by atoms with E-state index in [1.807, 2.05) is 127 Å². The highest BCUT2D eigenvalue weighted by Crippen LogP contribution is 2.42. The van der Waals surface area contributed by atoms with Crippen molar-refractivity contribution in [3.05, 3.63) is 130 Å². The van der Waals surface area contributed by atoms with Gasteiger partial charge in [0.15, 0.2) is 23.8 Å². The SMILES string of the molecule is CC1=C(/C=C/C(C)=C/C=C/C(C)=C/C=C/C=C(C)/C=C/C=C(C)/C=C/C2=C(C)C(=O)C(OC(=O)CCC(=O)OCC3CCCCC3)CC2(C)C)C(C)(C)CCC(OC(=O)CCC(=O)OCC2CCCCC2)C1=O. The molecule has 2 unspecified atom stereocenters. The van der Waals surface area contributed by atoms with Crippen molar-refractivity contribution >= 4 is 35.4 Å². The van der Waals surface area contributed by atoms with Gasteiger partial charge in [0.1, 0.15) is 0 Å². The lowest BCUT2D eigenvalue weighted by molar-refractivity contribution is -0.158. The predicted molar refractivity (Wildman–Crippen MR) is 291 cm³/mol. The molecule has 0 aliphatic heterocycles. The normalized spacial score (nSPS) is 22.3. The number of hydrogen-bond acceptors (Lipinski definition) is 10. The van der Waals surface area contributed by atoms with Crippen molar-refractivity contribution in [1.29, 1.82) is 0 Å². The van der Waals surface area contributed by atoms with Crippen molar-refractivity contribution in [2.75, 3.05) is 13.2 Å². The molecule has 0 spiro atoms. The second kappa shape index (κ2) is 29.9. The fourth-order valence-corrected chi connectivity index (χ4v) is 9.98. The Bertz CT molecular complexity index is 2320. The third-order valence-electron chi connectivity index (χ3n) is 14.6. The standard InChI is InChI=1S/C63H86O10/c1-44(23-19-25-46(3)31-33-52-48(5)60(68)54(39-40-62(52,7)8)72-58(66)37-35-56(64)70-42-50-27-13-11-14-28-50)21-17-18-22-45(2)24-20-26-47(4)32-34-53-49(6)61(69)55(41-63(53,9)10)73-59(67)38-36-57(65)71-43-51-29-15-12-16-30-51/h17-26,31-34,50-51,54-55H,11-16,27-30,35-43H2,1-10H3/b18-17+,23-19+,24-20+,33-31+,34-32+,44-21+,45-22+,46-25+,47-26+. The monoisotopic (exact) mass is 1000 g/mol. The van der Waals surface area contributed by atoms with Crippen LogP contribution in [0.2, 0.25) is 0 Å². The van der Waals surface area contributed by atoms with Crippen LogP contribution < -0.4 is 0 Å². The van der Waals surface area contributed by atoms with Gasteiger partial charge in [0.05, 0.1) is 38.9 Å². The number of ether oxygens (including phenoxy) is 4. The van der Waals surface area contributed by atoms with E-state index >= 15 is 0 Å². The summed E-state index contributed by atoms with van der Waals surface area (Å²) < 4.78 is 22.1. The first-order valence-electron chi connectivity index (χ1n) is 26.9. The first-order valence-corrected chi connectivity index (χ1v) is 26.9. The summed E-state index contributed by atoms with van der Waals surface area (Å²) in [7, 11) is 0. The number of carbonyl (C=O) groups is 6. The number of hydrogen-bond donors (Lipinski definition) is 0. The van der Waals surface area contributed by atoms with Crippen LogP contribution in [0.1, 0.15) is 178 Å². The summed E-state index contributed by atoms with van der Waals surface area (Å²) in [5.41, 5.74) is 6.44. The van der Waals surface area contributed by atoms with Gasteiger partial charge in [0, 0.05) is 6.42 Å². The lowest BCUT2D eigenvalue weighted by Crippen LogP contribution is -2.39. The molecule has 0 saturated heterocycles. The van der Waals surface area contributed by atoms with Crippen LogP contribution in [0.5, 0.6) is 0 Å². The molecule has 0 aromatic rings. The van der Waals surface area contributed by atoms with E-state index in [0.29, 0.717) is 55.5 Å². The smallest absolute Gasteiger partial charge is 0.307 e. The van der Waals surface area contributed by atoms with Crippen molar-refractivity contribution in [2.24, 2.45) is 22.7 Å². The average molecular weight is 1000 g/mol. The molecule has 0 heterocycles. The molecule has 73 heavy (non-hydrogen) atoms. The summed E-state index contributed by atoms with van der Waals surface area (Å²) in [6, 6.07) is 0. The van der Waals surface area contributed by atoms with Gasteiger partial charge < -0.3 is 18.9 Å². The van der Waals surface area contributed by atoms with Crippen LogP contribution in [0.15, 0.2) is 130 Å². The number of carbonyl (C=O) groups excluding carboxylic acids is 6. The molecule has 4 aliphatic rings. The third-order valence-corrected chi connectivity index (χ3v) is 14.6. The van der Waals surface area contributed by atoms with Gasteiger partial charge in [-0.25, -0.2) is 0 Å². The second-order valence-corrected chi connectivity index (χ2v) is 22.1. The average Bonchev–Trinajstić information content (AvgIpc) is 3.42. The van der Waals surface area contributed by atoms with E-state index < -0.39 is 41.5 Å². The molecule has 2 saturated carbocycles. The number of allylic oxidation sites excluding steroid dienone is 20. The van der Waals surface area contributed by atoms with Crippen LogP contribution >= 0.6 is 0 Å². The molecule has 4 aliphatic carbocycles. The van der Waals surface area contributed by atoms with Crippen molar-refractivity contribution in [1.82, 2.24) is 0 Å². The van der Waals surface area contributed by atoms with Gasteiger partial charge in [-0.05, 0) is 125 Å². The first-order chi connectivity index (χ1) is 34.6. The molecule has 10 nitrogen and oxygen atoms in total. The fraction of sp³-hybridized carbons (Fsp3) is 0.556. The molecule has 2 atom stereocenters.